The molecule has 3 aromatic rings. The number of methoxy groups -OCH3 is 1. The van der Waals surface area contributed by atoms with Crippen LogP contribution in [-0.4, -0.2) is 49.1 Å². The van der Waals surface area contributed by atoms with E-state index in [-0.39, 0.29) is 11.7 Å². The number of ether oxygens (including phenoxy) is 1. The van der Waals surface area contributed by atoms with Crippen molar-refractivity contribution in [1.82, 2.24) is 9.88 Å². The third kappa shape index (κ3) is 3.22. The van der Waals surface area contributed by atoms with E-state index in [2.05, 4.69) is 9.88 Å². The smallest absolute Gasteiger partial charge is 0.254 e. The summed E-state index contributed by atoms with van der Waals surface area (Å²) in [6.07, 6.45) is 0. The van der Waals surface area contributed by atoms with Gasteiger partial charge in [0.15, 0.2) is 5.13 Å². The van der Waals surface area contributed by atoms with E-state index in [1.54, 1.807) is 25.3 Å². The van der Waals surface area contributed by atoms with Crippen LogP contribution in [0.5, 0.6) is 5.75 Å². The molecule has 1 aromatic heterocycles. The summed E-state index contributed by atoms with van der Waals surface area (Å²) >= 11 is 1.48. The summed E-state index contributed by atoms with van der Waals surface area (Å²) in [4.78, 5) is 21.3. The monoisotopic (exact) mass is 371 g/mol. The third-order valence-corrected chi connectivity index (χ3v) is 5.57. The Morgan fingerprint density at radius 1 is 1.15 bits per heavy atom. The zero-order valence-electron chi connectivity index (χ0n) is 14.3. The molecule has 4 rings (SSSR count). The first-order valence-electron chi connectivity index (χ1n) is 8.38. The van der Waals surface area contributed by atoms with Crippen LogP contribution in [0.4, 0.5) is 9.52 Å². The summed E-state index contributed by atoms with van der Waals surface area (Å²) in [5, 5.41) is 0.874. The van der Waals surface area contributed by atoms with Gasteiger partial charge in [0.2, 0.25) is 0 Å². The molecule has 1 amide bonds. The van der Waals surface area contributed by atoms with Gasteiger partial charge in [-0.25, -0.2) is 9.37 Å². The molecule has 1 fully saturated rings. The highest BCUT2D eigenvalue weighted by Crippen LogP contribution is 2.30. The second kappa shape index (κ2) is 6.92. The fraction of sp³-hybridized carbons (Fsp3) is 0.263. The highest BCUT2D eigenvalue weighted by molar-refractivity contribution is 7.22. The second-order valence-corrected chi connectivity index (χ2v) is 7.13. The first kappa shape index (κ1) is 16.8. The molecular weight excluding hydrogens is 353 g/mol. The maximum absolute atomic E-state index is 13.4. The number of nitrogens with zero attached hydrogens (tertiary/aromatic N) is 3. The summed E-state index contributed by atoms with van der Waals surface area (Å²) in [5.41, 5.74) is 1.44. The predicted molar refractivity (Wildman–Crippen MR) is 101 cm³/mol. The number of piperazine rings is 1. The Hall–Kier alpha value is -2.67. The van der Waals surface area contributed by atoms with Crippen LogP contribution in [0.15, 0.2) is 42.5 Å². The van der Waals surface area contributed by atoms with Gasteiger partial charge in [-0.2, -0.15) is 0 Å². The molecule has 0 radical (unpaired) electrons. The average Bonchev–Trinajstić information content (AvgIpc) is 3.10. The quantitative estimate of drug-likeness (QED) is 0.708. The molecular formula is C19H18FN3O2S. The number of thiazole rings is 1. The summed E-state index contributed by atoms with van der Waals surface area (Å²) < 4.78 is 19.4. The average molecular weight is 371 g/mol. The fourth-order valence-corrected chi connectivity index (χ4v) is 4.10. The van der Waals surface area contributed by atoms with E-state index in [9.17, 15) is 9.18 Å². The van der Waals surface area contributed by atoms with E-state index < -0.39 is 0 Å². The first-order chi connectivity index (χ1) is 12.6. The lowest BCUT2D eigenvalue weighted by Gasteiger charge is -2.34. The molecule has 134 valence electrons. The summed E-state index contributed by atoms with van der Waals surface area (Å²) in [7, 11) is 1.59. The van der Waals surface area contributed by atoms with Gasteiger partial charge in [0, 0.05) is 31.7 Å². The minimum atomic E-state index is -0.249. The molecule has 7 heteroatoms. The van der Waals surface area contributed by atoms with E-state index in [0.29, 0.717) is 37.5 Å². The molecule has 0 N–H and O–H groups in total. The minimum absolute atomic E-state index is 0.00919. The Labute approximate surface area is 154 Å². The molecule has 0 atom stereocenters. The summed E-state index contributed by atoms with van der Waals surface area (Å²) in [5.74, 6) is 0.438. The normalized spacial score (nSPS) is 14.7. The van der Waals surface area contributed by atoms with Crippen LogP contribution in [0.2, 0.25) is 0 Å². The number of fused-ring (bicyclic) bond motifs is 1. The maximum atomic E-state index is 13.4. The highest BCUT2D eigenvalue weighted by atomic mass is 32.1. The van der Waals surface area contributed by atoms with E-state index in [0.717, 1.165) is 15.3 Å². The number of rotatable bonds is 3. The fourth-order valence-electron chi connectivity index (χ4n) is 3.06. The standard InChI is InChI=1S/C19H18FN3O2S/c1-25-15-4-2-3-13(11-15)18(24)22-7-9-23(10-8-22)19-21-16-6-5-14(20)12-17(16)26-19/h2-6,11-12H,7-10H2,1H3. The number of benzene rings is 2. The maximum Gasteiger partial charge on any atom is 0.254 e. The second-order valence-electron chi connectivity index (χ2n) is 6.12. The van der Waals surface area contributed by atoms with Gasteiger partial charge in [0.1, 0.15) is 11.6 Å². The van der Waals surface area contributed by atoms with Crippen molar-refractivity contribution in [3.05, 3.63) is 53.8 Å². The van der Waals surface area contributed by atoms with Crippen molar-refractivity contribution in [2.75, 3.05) is 38.2 Å². The molecule has 26 heavy (non-hydrogen) atoms. The lowest BCUT2D eigenvalue weighted by Crippen LogP contribution is -2.48. The number of hydrogen-bond acceptors (Lipinski definition) is 5. The largest absolute Gasteiger partial charge is 0.497 e. The Bertz CT molecular complexity index is 951. The van der Waals surface area contributed by atoms with Crippen LogP contribution in [-0.2, 0) is 0 Å². The van der Waals surface area contributed by atoms with Crippen molar-refractivity contribution in [3.63, 3.8) is 0 Å². The van der Waals surface area contributed by atoms with Gasteiger partial charge in [0.05, 0.1) is 17.3 Å². The Balaban J connectivity index is 1.45. The van der Waals surface area contributed by atoms with Crippen molar-refractivity contribution in [3.8, 4) is 5.75 Å². The van der Waals surface area contributed by atoms with Gasteiger partial charge in [-0.15, -0.1) is 0 Å². The summed E-state index contributed by atoms with van der Waals surface area (Å²) in [6.45, 7) is 2.66. The van der Waals surface area contributed by atoms with E-state index in [4.69, 9.17) is 4.74 Å². The Morgan fingerprint density at radius 2 is 1.96 bits per heavy atom. The van der Waals surface area contributed by atoms with Crippen molar-refractivity contribution in [2.45, 2.75) is 0 Å². The van der Waals surface area contributed by atoms with Crippen molar-refractivity contribution < 1.29 is 13.9 Å². The Morgan fingerprint density at radius 3 is 2.73 bits per heavy atom. The molecule has 0 saturated carbocycles. The van der Waals surface area contributed by atoms with E-state index in [1.807, 2.05) is 17.0 Å². The van der Waals surface area contributed by atoms with Gasteiger partial charge in [-0.05, 0) is 36.4 Å². The molecule has 2 heterocycles. The number of amides is 1. The van der Waals surface area contributed by atoms with Gasteiger partial charge in [-0.3, -0.25) is 4.79 Å². The van der Waals surface area contributed by atoms with Gasteiger partial charge in [0.25, 0.3) is 5.91 Å². The van der Waals surface area contributed by atoms with Crippen LogP contribution >= 0.6 is 11.3 Å². The van der Waals surface area contributed by atoms with Crippen molar-refractivity contribution in [2.24, 2.45) is 0 Å². The van der Waals surface area contributed by atoms with Crippen molar-refractivity contribution in [1.29, 1.82) is 0 Å². The van der Waals surface area contributed by atoms with Gasteiger partial charge < -0.3 is 14.5 Å². The molecule has 5 nitrogen and oxygen atoms in total. The molecule has 0 spiro atoms. The molecule has 0 bridgehead atoms. The minimum Gasteiger partial charge on any atom is -0.497 e. The highest BCUT2D eigenvalue weighted by Gasteiger charge is 2.24. The Kier molecular flexibility index (Phi) is 4.46. The van der Waals surface area contributed by atoms with Gasteiger partial charge >= 0.3 is 0 Å². The summed E-state index contributed by atoms with van der Waals surface area (Å²) in [6, 6.07) is 11.9. The lowest BCUT2D eigenvalue weighted by molar-refractivity contribution is 0.0746. The molecule has 1 saturated heterocycles. The lowest BCUT2D eigenvalue weighted by atomic mass is 10.1. The predicted octanol–water partition coefficient (Wildman–Crippen LogP) is 3.41. The molecule has 1 aliphatic rings. The molecule has 0 aliphatic carbocycles. The van der Waals surface area contributed by atoms with E-state index in [1.165, 1.54) is 23.5 Å². The number of anilines is 1. The number of hydrogen-bond donors (Lipinski definition) is 0. The molecule has 2 aromatic carbocycles. The van der Waals surface area contributed by atoms with Crippen molar-refractivity contribution >= 4 is 32.6 Å². The van der Waals surface area contributed by atoms with E-state index >= 15 is 0 Å². The topological polar surface area (TPSA) is 45.7 Å². The van der Waals surface area contributed by atoms with Crippen LogP contribution in [0, 0.1) is 5.82 Å². The number of carbonyl (C=O) groups excluding carboxylic acids is 1. The van der Waals surface area contributed by atoms with Crippen LogP contribution in [0.25, 0.3) is 10.2 Å². The number of aromatic nitrogens is 1. The molecule has 0 unspecified atom stereocenters. The van der Waals surface area contributed by atoms with Crippen LogP contribution in [0.1, 0.15) is 10.4 Å². The number of carbonyl (C=O) groups is 1. The SMILES string of the molecule is COc1cccc(C(=O)N2CCN(c3nc4ccc(F)cc4s3)CC2)c1. The first-order valence-corrected chi connectivity index (χ1v) is 9.20. The zero-order valence-corrected chi connectivity index (χ0v) is 15.1. The van der Waals surface area contributed by atoms with Crippen LogP contribution < -0.4 is 9.64 Å². The zero-order chi connectivity index (χ0) is 18.1. The van der Waals surface area contributed by atoms with Gasteiger partial charge in [-0.1, -0.05) is 17.4 Å². The number of halogens is 1. The molecule has 1 aliphatic heterocycles. The van der Waals surface area contributed by atoms with Crippen LogP contribution in [0.3, 0.4) is 0 Å². The third-order valence-electron chi connectivity index (χ3n) is 4.49.